The Morgan fingerprint density at radius 2 is 2.27 bits per heavy atom. The Bertz CT molecular complexity index is 487. The maximum atomic E-state index is 6.01. The summed E-state index contributed by atoms with van der Waals surface area (Å²) in [5.41, 5.74) is 1.38. The minimum absolute atomic E-state index is 0.763. The van der Waals surface area contributed by atoms with Gasteiger partial charge in [-0.25, -0.2) is 0 Å². The van der Waals surface area contributed by atoms with Gasteiger partial charge in [0.2, 0.25) is 0 Å². The monoisotopic (exact) mass is 237 g/mol. The Labute approximate surface area is 98.1 Å². The largest absolute Gasteiger partial charge is 0.310 e. The summed E-state index contributed by atoms with van der Waals surface area (Å²) >= 11 is 7.80. The molecule has 1 heterocycles. The van der Waals surface area contributed by atoms with Gasteiger partial charge in [-0.1, -0.05) is 11.6 Å². The van der Waals surface area contributed by atoms with E-state index in [1.807, 2.05) is 6.07 Å². The molecule has 78 valence electrons. The number of rotatable bonds is 3. The molecule has 1 nitrogen and oxygen atoms in total. The van der Waals surface area contributed by atoms with Crippen LogP contribution in [0, 0.1) is 0 Å². The number of hydrogen-bond donors (Lipinski definition) is 1. The number of thiophene rings is 1. The van der Waals surface area contributed by atoms with E-state index in [4.69, 9.17) is 11.6 Å². The average molecular weight is 238 g/mol. The molecule has 0 atom stereocenters. The number of fused-ring (bicyclic) bond motifs is 1. The van der Waals surface area contributed by atoms with Gasteiger partial charge in [-0.05, 0) is 47.4 Å². The lowest BCUT2D eigenvalue weighted by Crippen LogP contribution is -2.14. The van der Waals surface area contributed by atoms with Crippen molar-refractivity contribution in [2.45, 2.75) is 25.4 Å². The van der Waals surface area contributed by atoms with Crippen molar-refractivity contribution in [3.63, 3.8) is 0 Å². The molecular formula is C12H12ClNS. The van der Waals surface area contributed by atoms with Crippen LogP contribution in [0.25, 0.3) is 10.1 Å². The van der Waals surface area contributed by atoms with Crippen LogP contribution in [0.15, 0.2) is 23.6 Å². The highest BCUT2D eigenvalue weighted by Gasteiger charge is 2.20. The normalized spacial score (nSPS) is 16.1. The Kier molecular flexibility index (Phi) is 2.43. The van der Waals surface area contributed by atoms with Gasteiger partial charge in [0.25, 0.3) is 0 Å². The van der Waals surface area contributed by atoms with Gasteiger partial charge in [0, 0.05) is 22.3 Å². The van der Waals surface area contributed by atoms with Gasteiger partial charge in [-0.15, -0.1) is 11.3 Å². The Hall–Kier alpha value is -0.570. The minimum atomic E-state index is 0.763. The van der Waals surface area contributed by atoms with E-state index in [2.05, 4.69) is 22.8 Å². The van der Waals surface area contributed by atoms with Gasteiger partial charge in [0.05, 0.1) is 0 Å². The second kappa shape index (κ2) is 3.78. The first-order chi connectivity index (χ1) is 7.33. The fraction of sp³-hybridized carbons (Fsp3) is 0.333. The molecule has 0 spiro atoms. The van der Waals surface area contributed by atoms with Crippen molar-refractivity contribution < 1.29 is 0 Å². The zero-order valence-corrected chi connectivity index (χ0v) is 9.87. The summed E-state index contributed by atoms with van der Waals surface area (Å²) in [7, 11) is 0. The number of nitrogens with one attached hydrogen (secondary N) is 1. The summed E-state index contributed by atoms with van der Waals surface area (Å²) in [6.07, 6.45) is 2.67. The molecule has 1 aliphatic carbocycles. The third-order valence-electron chi connectivity index (χ3n) is 2.77. The Balaban J connectivity index is 1.91. The van der Waals surface area contributed by atoms with E-state index in [0.29, 0.717) is 0 Å². The highest BCUT2D eigenvalue weighted by atomic mass is 35.5. The van der Waals surface area contributed by atoms with E-state index < -0.39 is 0 Å². The molecule has 3 rings (SSSR count). The van der Waals surface area contributed by atoms with E-state index in [9.17, 15) is 0 Å². The zero-order valence-electron chi connectivity index (χ0n) is 8.29. The van der Waals surface area contributed by atoms with Crippen LogP contribution in [0.1, 0.15) is 18.4 Å². The van der Waals surface area contributed by atoms with Gasteiger partial charge in [-0.2, -0.15) is 0 Å². The molecule has 3 heteroatoms. The van der Waals surface area contributed by atoms with E-state index >= 15 is 0 Å². The van der Waals surface area contributed by atoms with Gasteiger partial charge < -0.3 is 5.32 Å². The lowest BCUT2D eigenvalue weighted by Gasteiger charge is -2.01. The van der Waals surface area contributed by atoms with Crippen LogP contribution in [0.2, 0.25) is 5.02 Å². The summed E-state index contributed by atoms with van der Waals surface area (Å²) < 4.78 is 1.33. The van der Waals surface area contributed by atoms with Gasteiger partial charge in [-0.3, -0.25) is 0 Å². The molecule has 2 aromatic rings. The molecular weight excluding hydrogens is 226 g/mol. The Morgan fingerprint density at radius 3 is 3.07 bits per heavy atom. The van der Waals surface area contributed by atoms with E-state index in [1.54, 1.807) is 11.3 Å². The second-order valence-electron chi connectivity index (χ2n) is 4.06. The summed E-state index contributed by atoms with van der Waals surface area (Å²) in [5.74, 6) is 0. The lowest BCUT2D eigenvalue weighted by atomic mass is 10.2. The van der Waals surface area contributed by atoms with Gasteiger partial charge in [0.1, 0.15) is 0 Å². The summed E-state index contributed by atoms with van der Waals surface area (Å²) in [6.45, 7) is 0.977. The molecule has 0 bridgehead atoms. The molecule has 1 aliphatic rings. The molecule has 1 aromatic heterocycles. The quantitative estimate of drug-likeness (QED) is 0.856. The van der Waals surface area contributed by atoms with Crippen molar-refractivity contribution in [1.82, 2.24) is 5.32 Å². The highest BCUT2D eigenvalue weighted by Crippen LogP contribution is 2.29. The first kappa shape index (κ1) is 9.64. The molecule has 0 aliphatic heterocycles. The molecule has 0 radical (unpaired) electrons. The van der Waals surface area contributed by atoms with Crippen LogP contribution < -0.4 is 5.32 Å². The maximum absolute atomic E-state index is 6.01. The van der Waals surface area contributed by atoms with Crippen LogP contribution >= 0.6 is 22.9 Å². The van der Waals surface area contributed by atoms with E-state index in [0.717, 1.165) is 17.6 Å². The SMILES string of the molecule is Clc1ccc2scc(CNC3CC3)c2c1. The third-order valence-corrected chi connectivity index (χ3v) is 4.02. The van der Waals surface area contributed by atoms with Crippen molar-refractivity contribution in [1.29, 1.82) is 0 Å². The molecule has 1 aromatic carbocycles. The number of hydrogen-bond acceptors (Lipinski definition) is 2. The van der Waals surface area contributed by atoms with Crippen molar-refractivity contribution in [3.05, 3.63) is 34.2 Å². The Morgan fingerprint density at radius 1 is 1.40 bits per heavy atom. The first-order valence-corrected chi connectivity index (χ1v) is 6.48. The fourth-order valence-electron chi connectivity index (χ4n) is 1.73. The summed E-state index contributed by atoms with van der Waals surface area (Å²) in [6, 6.07) is 6.89. The van der Waals surface area contributed by atoms with Crippen LogP contribution in [-0.2, 0) is 6.54 Å². The fourth-order valence-corrected chi connectivity index (χ4v) is 2.85. The van der Waals surface area contributed by atoms with Gasteiger partial charge in [0.15, 0.2) is 0 Å². The second-order valence-corrected chi connectivity index (χ2v) is 5.40. The van der Waals surface area contributed by atoms with Crippen molar-refractivity contribution in [2.75, 3.05) is 0 Å². The topological polar surface area (TPSA) is 12.0 Å². The first-order valence-electron chi connectivity index (χ1n) is 5.22. The molecule has 0 amide bonds. The molecule has 15 heavy (non-hydrogen) atoms. The molecule has 0 saturated heterocycles. The highest BCUT2D eigenvalue weighted by molar-refractivity contribution is 7.17. The van der Waals surface area contributed by atoms with Crippen LogP contribution in [-0.4, -0.2) is 6.04 Å². The minimum Gasteiger partial charge on any atom is -0.310 e. The van der Waals surface area contributed by atoms with Crippen LogP contribution in [0.5, 0.6) is 0 Å². The average Bonchev–Trinajstić information content (AvgIpc) is 2.97. The van der Waals surface area contributed by atoms with Gasteiger partial charge >= 0.3 is 0 Å². The van der Waals surface area contributed by atoms with Crippen molar-refractivity contribution in [2.24, 2.45) is 0 Å². The van der Waals surface area contributed by atoms with E-state index in [-0.39, 0.29) is 0 Å². The van der Waals surface area contributed by atoms with Crippen molar-refractivity contribution in [3.8, 4) is 0 Å². The predicted molar refractivity (Wildman–Crippen MR) is 66.7 cm³/mol. The predicted octanol–water partition coefficient (Wildman–Crippen LogP) is 3.81. The van der Waals surface area contributed by atoms with Crippen LogP contribution in [0.4, 0.5) is 0 Å². The third kappa shape index (κ3) is 2.03. The molecule has 1 N–H and O–H groups in total. The lowest BCUT2D eigenvalue weighted by molar-refractivity contribution is 0.692. The molecule has 1 saturated carbocycles. The maximum Gasteiger partial charge on any atom is 0.0413 e. The summed E-state index contributed by atoms with van der Waals surface area (Å²) in [4.78, 5) is 0. The molecule has 0 unspecified atom stereocenters. The zero-order chi connectivity index (χ0) is 10.3. The van der Waals surface area contributed by atoms with E-state index in [1.165, 1.54) is 28.5 Å². The van der Waals surface area contributed by atoms with Crippen LogP contribution in [0.3, 0.4) is 0 Å². The number of benzene rings is 1. The molecule has 1 fully saturated rings. The smallest absolute Gasteiger partial charge is 0.0413 e. The summed E-state index contributed by atoms with van der Waals surface area (Å²) in [5, 5.41) is 7.90. The standard InChI is InChI=1S/C12H12ClNS/c13-9-1-4-12-11(5-9)8(7-15-12)6-14-10-2-3-10/h1,4-5,7,10,14H,2-3,6H2. The van der Waals surface area contributed by atoms with Crippen molar-refractivity contribution >= 4 is 33.0 Å². The number of halogens is 1.